The van der Waals surface area contributed by atoms with Crippen molar-refractivity contribution in [1.82, 2.24) is 15.2 Å². The molecule has 0 saturated carbocycles. The van der Waals surface area contributed by atoms with Crippen LogP contribution < -0.4 is 10.6 Å². The van der Waals surface area contributed by atoms with Gasteiger partial charge in [0, 0.05) is 24.5 Å². The van der Waals surface area contributed by atoms with Crippen LogP contribution in [0.1, 0.15) is 58.2 Å². The highest BCUT2D eigenvalue weighted by Gasteiger charge is 2.28. The van der Waals surface area contributed by atoms with E-state index in [2.05, 4.69) is 40.9 Å². The summed E-state index contributed by atoms with van der Waals surface area (Å²) in [6.07, 6.45) is 4.53. The molecule has 0 aromatic carbocycles. The van der Waals surface area contributed by atoms with Crippen molar-refractivity contribution < 1.29 is 0 Å². The lowest BCUT2D eigenvalue weighted by Crippen LogP contribution is -2.51. The standard InChI is InChI=1S/C13H25N5/c1-4-6-9(2)12-15-13(17-16-12)18-8-5-7-11(14)10(18)3/h9-11H,4-8,14H2,1-3H3,(H,15,16,17). The predicted octanol–water partition coefficient (Wildman–Crippen LogP) is 2.02. The molecule has 1 aliphatic rings. The summed E-state index contributed by atoms with van der Waals surface area (Å²) >= 11 is 0. The van der Waals surface area contributed by atoms with E-state index >= 15 is 0 Å². The third-order valence-electron chi connectivity index (χ3n) is 3.98. The maximum absolute atomic E-state index is 6.11. The summed E-state index contributed by atoms with van der Waals surface area (Å²) in [6, 6.07) is 0.553. The number of nitrogens with zero attached hydrogens (tertiary/aromatic N) is 3. The van der Waals surface area contributed by atoms with Crippen molar-refractivity contribution >= 4 is 5.95 Å². The van der Waals surface area contributed by atoms with E-state index in [4.69, 9.17) is 5.73 Å². The molecule has 0 amide bonds. The van der Waals surface area contributed by atoms with E-state index in [0.29, 0.717) is 12.0 Å². The van der Waals surface area contributed by atoms with E-state index in [0.717, 1.165) is 37.6 Å². The molecule has 0 aliphatic carbocycles. The molecule has 0 spiro atoms. The molecule has 1 saturated heterocycles. The number of anilines is 1. The Labute approximate surface area is 109 Å². The van der Waals surface area contributed by atoms with Crippen LogP contribution in [0.15, 0.2) is 0 Å². The maximum Gasteiger partial charge on any atom is 0.245 e. The first-order valence-electron chi connectivity index (χ1n) is 7.08. The third-order valence-corrected chi connectivity index (χ3v) is 3.98. The Kier molecular flexibility index (Phi) is 4.22. The first-order chi connectivity index (χ1) is 8.63. The van der Waals surface area contributed by atoms with Gasteiger partial charge in [-0.15, -0.1) is 5.10 Å². The number of aromatic amines is 1. The van der Waals surface area contributed by atoms with Crippen molar-refractivity contribution in [3.05, 3.63) is 5.82 Å². The van der Waals surface area contributed by atoms with Crippen LogP contribution in [0, 0.1) is 0 Å². The summed E-state index contributed by atoms with van der Waals surface area (Å²) in [5.74, 6) is 2.26. The van der Waals surface area contributed by atoms with Crippen molar-refractivity contribution in [2.24, 2.45) is 5.73 Å². The summed E-state index contributed by atoms with van der Waals surface area (Å²) in [7, 11) is 0. The smallest absolute Gasteiger partial charge is 0.245 e. The zero-order chi connectivity index (χ0) is 13.1. The average Bonchev–Trinajstić information content (AvgIpc) is 2.82. The molecule has 5 heteroatoms. The van der Waals surface area contributed by atoms with E-state index < -0.39 is 0 Å². The van der Waals surface area contributed by atoms with Crippen LogP contribution in [-0.4, -0.2) is 33.8 Å². The number of hydrogen-bond donors (Lipinski definition) is 2. The normalized spacial score (nSPS) is 26.3. The Morgan fingerprint density at radius 1 is 1.56 bits per heavy atom. The number of H-pyrrole nitrogens is 1. The fraction of sp³-hybridized carbons (Fsp3) is 0.846. The van der Waals surface area contributed by atoms with Crippen LogP contribution in [-0.2, 0) is 0 Å². The Morgan fingerprint density at radius 3 is 3.06 bits per heavy atom. The van der Waals surface area contributed by atoms with Gasteiger partial charge in [-0.2, -0.15) is 4.98 Å². The number of hydrogen-bond acceptors (Lipinski definition) is 4. The van der Waals surface area contributed by atoms with Gasteiger partial charge in [-0.3, -0.25) is 5.10 Å². The summed E-state index contributed by atoms with van der Waals surface area (Å²) in [4.78, 5) is 6.87. The third kappa shape index (κ3) is 2.66. The fourth-order valence-corrected chi connectivity index (χ4v) is 2.64. The van der Waals surface area contributed by atoms with Gasteiger partial charge in [-0.25, -0.2) is 0 Å². The molecule has 1 aliphatic heterocycles. The van der Waals surface area contributed by atoms with Crippen molar-refractivity contribution in [2.45, 2.75) is 64.5 Å². The topological polar surface area (TPSA) is 70.8 Å². The van der Waals surface area contributed by atoms with Gasteiger partial charge < -0.3 is 10.6 Å². The quantitative estimate of drug-likeness (QED) is 0.859. The fourth-order valence-electron chi connectivity index (χ4n) is 2.64. The first kappa shape index (κ1) is 13.3. The SMILES string of the molecule is CCCC(C)c1nc(N2CCCC(N)C2C)n[nH]1. The van der Waals surface area contributed by atoms with Crippen LogP contribution in [0.3, 0.4) is 0 Å². The van der Waals surface area contributed by atoms with Crippen LogP contribution in [0.4, 0.5) is 5.95 Å². The molecular formula is C13H25N5. The van der Waals surface area contributed by atoms with E-state index in [9.17, 15) is 0 Å². The molecule has 3 atom stereocenters. The number of nitrogens with one attached hydrogen (secondary N) is 1. The lowest BCUT2D eigenvalue weighted by molar-refractivity contribution is 0.415. The van der Waals surface area contributed by atoms with Crippen molar-refractivity contribution in [2.75, 3.05) is 11.4 Å². The molecule has 102 valence electrons. The minimum absolute atomic E-state index is 0.230. The van der Waals surface area contributed by atoms with Gasteiger partial charge in [0.15, 0.2) is 0 Å². The second-order valence-electron chi connectivity index (χ2n) is 5.45. The molecule has 0 radical (unpaired) electrons. The van der Waals surface area contributed by atoms with Gasteiger partial charge in [-0.05, 0) is 26.2 Å². The lowest BCUT2D eigenvalue weighted by atomic mass is 9.99. The maximum atomic E-state index is 6.11. The van der Waals surface area contributed by atoms with Crippen molar-refractivity contribution in [3.8, 4) is 0 Å². The summed E-state index contributed by atoms with van der Waals surface area (Å²) in [5, 5.41) is 7.44. The van der Waals surface area contributed by atoms with Crippen molar-refractivity contribution in [3.63, 3.8) is 0 Å². The van der Waals surface area contributed by atoms with E-state index in [1.165, 1.54) is 6.42 Å². The first-order valence-corrected chi connectivity index (χ1v) is 7.08. The van der Waals surface area contributed by atoms with Gasteiger partial charge in [0.2, 0.25) is 5.95 Å². The minimum atomic E-state index is 0.230. The van der Waals surface area contributed by atoms with Gasteiger partial charge >= 0.3 is 0 Å². The van der Waals surface area contributed by atoms with Crippen molar-refractivity contribution in [1.29, 1.82) is 0 Å². The predicted molar refractivity (Wildman–Crippen MR) is 73.7 cm³/mol. The molecule has 3 unspecified atom stereocenters. The van der Waals surface area contributed by atoms with Crippen LogP contribution in [0.5, 0.6) is 0 Å². The van der Waals surface area contributed by atoms with Gasteiger partial charge in [0.1, 0.15) is 5.82 Å². The molecule has 0 bridgehead atoms. The van der Waals surface area contributed by atoms with E-state index in [-0.39, 0.29) is 6.04 Å². The van der Waals surface area contributed by atoms with Gasteiger partial charge in [-0.1, -0.05) is 20.3 Å². The Bertz CT molecular complexity index is 375. The molecule has 1 aromatic heterocycles. The second-order valence-corrected chi connectivity index (χ2v) is 5.45. The van der Waals surface area contributed by atoms with Crippen LogP contribution in [0.25, 0.3) is 0 Å². The number of piperidine rings is 1. The number of nitrogens with two attached hydrogens (primary N) is 1. The number of aromatic nitrogens is 3. The molecular weight excluding hydrogens is 226 g/mol. The summed E-state index contributed by atoms with van der Waals surface area (Å²) in [6.45, 7) is 7.56. The van der Waals surface area contributed by atoms with Crippen LogP contribution in [0.2, 0.25) is 0 Å². The Balaban J connectivity index is 2.09. The zero-order valence-corrected chi connectivity index (χ0v) is 11.7. The molecule has 18 heavy (non-hydrogen) atoms. The number of rotatable bonds is 4. The van der Waals surface area contributed by atoms with Gasteiger partial charge in [0.25, 0.3) is 0 Å². The monoisotopic (exact) mass is 251 g/mol. The average molecular weight is 251 g/mol. The molecule has 3 N–H and O–H groups in total. The summed E-state index contributed by atoms with van der Waals surface area (Å²) < 4.78 is 0. The van der Waals surface area contributed by atoms with Crippen LogP contribution >= 0.6 is 0 Å². The highest BCUT2D eigenvalue weighted by atomic mass is 15.4. The highest BCUT2D eigenvalue weighted by molar-refractivity contribution is 5.32. The Hall–Kier alpha value is -1.10. The second kappa shape index (κ2) is 5.69. The summed E-state index contributed by atoms with van der Waals surface area (Å²) in [5.41, 5.74) is 6.11. The lowest BCUT2D eigenvalue weighted by Gasteiger charge is -2.36. The van der Waals surface area contributed by atoms with E-state index in [1.54, 1.807) is 0 Å². The van der Waals surface area contributed by atoms with E-state index in [1.807, 2.05) is 0 Å². The molecule has 2 rings (SSSR count). The molecule has 1 aromatic rings. The highest BCUT2D eigenvalue weighted by Crippen LogP contribution is 2.23. The molecule has 1 fully saturated rings. The minimum Gasteiger partial charge on any atom is -0.335 e. The molecule has 2 heterocycles. The zero-order valence-electron chi connectivity index (χ0n) is 11.7. The largest absolute Gasteiger partial charge is 0.335 e. The van der Waals surface area contributed by atoms with Gasteiger partial charge in [0.05, 0.1) is 0 Å². The molecule has 5 nitrogen and oxygen atoms in total. The Morgan fingerprint density at radius 2 is 2.33 bits per heavy atom.